The van der Waals surface area contributed by atoms with Crippen LogP contribution in [0, 0.1) is 6.92 Å². The SMILES string of the molecule is CCn1c(=O)c2c(nc(N[C@@H]3CCC[C@H]3O)n2Cc2ccc(C)c(Br)c2)n(CCO)c1=O. The number of hydrogen-bond acceptors (Lipinski definition) is 6. The molecular formula is C22H28BrN5O4. The van der Waals surface area contributed by atoms with Gasteiger partial charge in [-0.05, 0) is 50.3 Å². The predicted molar refractivity (Wildman–Crippen MR) is 126 cm³/mol. The van der Waals surface area contributed by atoms with Gasteiger partial charge in [-0.2, -0.15) is 4.98 Å². The summed E-state index contributed by atoms with van der Waals surface area (Å²) < 4.78 is 5.25. The van der Waals surface area contributed by atoms with Crippen molar-refractivity contribution in [2.24, 2.45) is 0 Å². The summed E-state index contributed by atoms with van der Waals surface area (Å²) in [6.45, 7) is 4.10. The average molecular weight is 506 g/mol. The minimum atomic E-state index is -0.497. The summed E-state index contributed by atoms with van der Waals surface area (Å²) in [5.41, 5.74) is 1.68. The molecule has 1 fully saturated rings. The average Bonchev–Trinajstić information content (AvgIpc) is 3.32. The molecule has 10 heteroatoms. The van der Waals surface area contributed by atoms with Crippen LogP contribution >= 0.6 is 15.9 Å². The second-order valence-corrected chi connectivity index (χ2v) is 9.09. The van der Waals surface area contributed by atoms with Crippen LogP contribution in [0.25, 0.3) is 11.2 Å². The van der Waals surface area contributed by atoms with Gasteiger partial charge < -0.3 is 15.5 Å². The molecule has 1 saturated carbocycles. The van der Waals surface area contributed by atoms with Gasteiger partial charge in [-0.1, -0.05) is 28.1 Å². The summed E-state index contributed by atoms with van der Waals surface area (Å²) in [4.78, 5) is 30.8. The molecule has 2 atom stereocenters. The van der Waals surface area contributed by atoms with E-state index in [-0.39, 0.29) is 31.4 Å². The molecule has 0 aliphatic heterocycles. The van der Waals surface area contributed by atoms with Crippen molar-refractivity contribution >= 4 is 33.0 Å². The lowest BCUT2D eigenvalue weighted by atomic mass is 10.1. The van der Waals surface area contributed by atoms with E-state index in [1.165, 1.54) is 4.57 Å². The van der Waals surface area contributed by atoms with E-state index in [2.05, 4.69) is 26.2 Å². The first kappa shape index (κ1) is 22.8. The van der Waals surface area contributed by atoms with E-state index in [4.69, 9.17) is 0 Å². The maximum Gasteiger partial charge on any atom is 0.332 e. The van der Waals surface area contributed by atoms with Crippen LogP contribution < -0.4 is 16.6 Å². The van der Waals surface area contributed by atoms with E-state index in [1.807, 2.05) is 25.1 Å². The molecule has 0 spiro atoms. The zero-order chi connectivity index (χ0) is 23.0. The van der Waals surface area contributed by atoms with Crippen molar-refractivity contribution in [3.05, 3.63) is 54.6 Å². The van der Waals surface area contributed by atoms with E-state index >= 15 is 0 Å². The molecule has 32 heavy (non-hydrogen) atoms. The van der Waals surface area contributed by atoms with Gasteiger partial charge in [0.15, 0.2) is 11.2 Å². The number of aliphatic hydroxyl groups is 2. The highest BCUT2D eigenvalue weighted by Gasteiger charge is 2.28. The predicted octanol–water partition coefficient (Wildman–Crippen LogP) is 1.82. The molecule has 1 aromatic carbocycles. The van der Waals surface area contributed by atoms with Crippen molar-refractivity contribution < 1.29 is 10.2 Å². The van der Waals surface area contributed by atoms with Gasteiger partial charge >= 0.3 is 5.69 Å². The number of imidazole rings is 1. The number of benzene rings is 1. The van der Waals surface area contributed by atoms with Gasteiger partial charge in [0.1, 0.15) is 0 Å². The summed E-state index contributed by atoms with van der Waals surface area (Å²) in [5.74, 6) is 0.430. The Morgan fingerprint density at radius 1 is 1.22 bits per heavy atom. The lowest BCUT2D eigenvalue weighted by Crippen LogP contribution is -2.40. The number of hydrogen-bond donors (Lipinski definition) is 3. The molecule has 1 aliphatic rings. The van der Waals surface area contributed by atoms with Crippen LogP contribution in [0.15, 0.2) is 32.3 Å². The standard InChI is InChI=1S/C22H28BrN5O4/c1-3-26-20(31)18-19(27(9-10-29)22(26)32)25-21(24-16-5-4-6-17(16)30)28(18)12-14-8-7-13(2)15(23)11-14/h7-8,11,16-17,29-30H,3-6,9-10,12H2,1-2H3,(H,24,25)/t16-,17-/m1/s1. The molecule has 4 rings (SSSR count). The Hall–Kier alpha value is -2.43. The Balaban J connectivity index is 1.95. The van der Waals surface area contributed by atoms with Crippen molar-refractivity contribution in [1.82, 2.24) is 18.7 Å². The van der Waals surface area contributed by atoms with Crippen LogP contribution in [0.2, 0.25) is 0 Å². The Kier molecular flexibility index (Phi) is 6.55. The fourth-order valence-electron chi connectivity index (χ4n) is 4.33. The van der Waals surface area contributed by atoms with Crippen molar-refractivity contribution in [1.29, 1.82) is 0 Å². The van der Waals surface area contributed by atoms with Crippen LogP contribution in [0.5, 0.6) is 0 Å². The number of aliphatic hydroxyl groups excluding tert-OH is 2. The topological polar surface area (TPSA) is 114 Å². The summed E-state index contributed by atoms with van der Waals surface area (Å²) >= 11 is 3.56. The number of fused-ring (bicyclic) bond motifs is 1. The molecule has 2 aromatic heterocycles. The van der Waals surface area contributed by atoms with Crippen molar-refractivity contribution in [2.75, 3.05) is 11.9 Å². The lowest BCUT2D eigenvalue weighted by molar-refractivity contribution is 0.171. The molecule has 9 nitrogen and oxygen atoms in total. The second-order valence-electron chi connectivity index (χ2n) is 8.23. The molecule has 1 aliphatic carbocycles. The molecule has 172 valence electrons. The third kappa shape index (κ3) is 4.02. The zero-order valence-corrected chi connectivity index (χ0v) is 19.8. The first-order chi connectivity index (χ1) is 15.3. The molecule has 3 N–H and O–H groups in total. The van der Waals surface area contributed by atoms with Crippen molar-refractivity contribution in [2.45, 2.75) is 64.9 Å². The van der Waals surface area contributed by atoms with E-state index in [9.17, 15) is 19.8 Å². The summed E-state index contributed by atoms with van der Waals surface area (Å²) in [7, 11) is 0. The normalized spacial score (nSPS) is 18.5. The zero-order valence-electron chi connectivity index (χ0n) is 18.2. The Labute approximate surface area is 193 Å². The van der Waals surface area contributed by atoms with Crippen LogP contribution in [0.3, 0.4) is 0 Å². The quantitative estimate of drug-likeness (QED) is 0.451. The number of halogens is 1. The highest BCUT2D eigenvalue weighted by Crippen LogP contribution is 2.26. The summed E-state index contributed by atoms with van der Waals surface area (Å²) in [6, 6.07) is 5.81. The van der Waals surface area contributed by atoms with Gasteiger partial charge in [0.05, 0.1) is 31.8 Å². The van der Waals surface area contributed by atoms with Crippen molar-refractivity contribution in [3.8, 4) is 0 Å². The van der Waals surface area contributed by atoms with Gasteiger partial charge in [0.2, 0.25) is 5.95 Å². The largest absolute Gasteiger partial charge is 0.395 e. The van der Waals surface area contributed by atoms with Crippen LogP contribution in [0.1, 0.15) is 37.3 Å². The van der Waals surface area contributed by atoms with Crippen LogP contribution in [-0.4, -0.2) is 47.7 Å². The Morgan fingerprint density at radius 3 is 2.62 bits per heavy atom. The molecule has 0 bridgehead atoms. The third-order valence-corrected chi connectivity index (χ3v) is 6.98. The van der Waals surface area contributed by atoms with Crippen LogP contribution in [0.4, 0.5) is 5.95 Å². The van der Waals surface area contributed by atoms with Gasteiger partial charge in [0, 0.05) is 11.0 Å². The van der Waals surface area contributed by atoms with Crippen LogP contribution in [-0.2, 0) is 19.6 Å². The first-order valence-corrected chi connectivity index (χ1v) is 11.7. The Morgan fingerprint density at radius 2 is 2.00 bits per heavy atom. The van der Waals surface area contributed by atoms with Gasteiger partial charge in [-0.15, -0.1) is 0 Å². The number of nitrogens with zero attached hydrogens (tertiary/aromatic N) is 4. The Bertz CT molecular complexity index is 1260. The first-order valence-electron chi connectivity index (χ1n) is 10.9. The molecular weight excluding hydrogens is 478 g/mol. The fraction of sp³-hybridized carbons (Fsp3) is 0.500. The number of nitrogens with one attached hydrogen (secondary N) is 1. The van der Waals surface area contributed by atoms with E-state index in [0.717, 1.165) is 33.0 Å². The minimum absolute atomic E-state index is 0.0359. The van der Waals surface area contributed by atoms with Gasteiger partial charge in [-0.3, -0.25) is 18.5 Å². The maximum absolute atomic E-state index is 13.3. The van der Waals surface area contributed by atoms with E-state index in [0.29, 0.717) is 24.4 Å². The fourth-order valence-corrected chi connectivity index (χ4v) is 4.75. The molecule has 2 heterocycles. The second kappa shape index (κ2) is 9.21. The number of aromatic nitrogens is 4. The lowest BCUT2D eigenvalue weighted by Gasteiger charge is -2.18. The van der Waals surface area contributed by atoms with Crippen molar-refractivity contribution in [3.63, 3.8) is 0 Å². The maximum atomic E-state index is 13.3. The molecule has 3 aromatic rings. The van der Waals surface area contributed by atoms with E-state index < -0.39 is 17.4 Å². The molecule has 0 saturated heterocycles. The smallest absolute Gasteiger partial charge is 0.332 e. The summed E-state index contributed by atoms with van der Waals surface area (Å²) in [5, 5.41) is 23.2. The molecule has 0 radical (unpaired) electrons. The molecule has 0 amide bonds. The summed E-state index contributed by atoms with van der Waals surface area (Å²) in [6.07, 6.45) is 1.91. The van der Waals surface area contributed by atoms with Gasteiger partial charge in [0.25, 0.3) is 5.56 Å². The number of anilines is 1. The monoisotopic (exact) mass is 505 g/mol. The highest BCUT2D eigenvalue weighted by molar-refractivity contribution is 9.10. The number of aryl methyl sites for hydroxylation is 1. The highest BCUT2D eigenvalue weighted by atomic mass is 79.9. The third-order valence-electron chi connectivity index (χ3n) is 6.13. The minimum Gasteiger partial charge on any atom is -0.395 e. The van der Waals surface area contributed by atoms with Gasteiger partial charge in [-0.25, -0.2) is 4.79 Å². The van der Waals surface area contributed by atoms with E-state index in [1.54, 1.807) is 11.5 Å². The molecule has 0 unspecified atom stereocenters. The number of rotatable bonds is 7.